The number of nitrogens with one attached hydrogen (secondary N) is 2. The quantitative estimate of drug-likeness (QED) is 0.470. The van der Waals surface area contributed by atoms with Crippen molar-refractivity contribution < 1.29 is 9.59 Å². The first-order chi connectivity index (χ1) is 13.8. The summed E-state index contributed by atoms with van der Waals surface area (Å²) in [4.78, 5) is 35.7. The molecule has 2 N–H and O–H groups in total. The second-order valence-electron chi connectivity index (χ2n) is 7.67. The highest BCUT2D eigenvalue weighted by Gasteiger charge is 2.21. The van der Waals surface area contributed by atoms with Gasteiger partial charge in [0.25, 0.3) is 0 Å². The van der Waals surface area contributed by atoms with Gasteiger partial charge in [-0.15, -0.1) is 11.3 Å². The van der Waals surface area contributed by atoms with Crippen molar-refractivity contribution in [2.75, 3.05) is 59.9 Å². The Labute approximate surface area is 178 Å². The molecule has 2 rings (SSSR count). The number of carbonyl (C=O) groups is 2. The summed E-state index contributed by atoms with van der Waals surface area (Å²) in [5, 5.41) is 8.43. The lowest BCUT2D eigenvalue weighted by Gasteiger charge is -2.36. The van der Waals surface area contributed by atoms with Crippen molar-refractivity contribution in [3.8, 4) is 0 Å². The average Bonchev–Trinajstić information content (AvgIpc) is 3.17. The summed E-state index contributed by atoms with van der Waals surface area (Å²) in [6.45, 7) is 8.38. The molecule has 2 amide bonds. The topological polar surface area (TPSA) is 80.3 Å². The van der Waals surface area contributed by atoms with Crippen LogP contribution in [0.15, 0.2) is 22.5 Å². The smallest absolute Gasteiger partial charge is 0.243 e. The molecular formula is C20H34N6O2S. The third-order valence-electron chi connectivity index (χ3n) is 4.59. The van der Waals surface area contributed by atoms with E-state index in [9.17, 15) is 9.59 Å². The van der Waals surface area contributed by atoms with Gasteiger partial charge >= 0.3 is 0 Å². The lowest BCUT2D eigenvalue weighted by Crippen LogP contribution is -2.54. The Kier molecular flexibility index (Phi) is 9.40. The number of rotatable bonds is 8. The molecule has 2 heterocycles. The minimum Gasteiger partial charge on any atom is -0.356 e. The van der Waals surface area contributed by atoms with E-state index in [1.165, 1.54) is 4.88 Å². The molecule has 162 valence electrons. The fourth-order valence-corrected chi connectivity index (χ4v) is 3.70. The number of thiophene rings is 1. The SMILES string of the molecule is CC(C)NC(=O)CN1CCN(C(=NCC(=O)N(C)C)NCCc2cccs2)CC1. The van der Waals surface area contributed by atoms with Gasteiger partial charge < -0.3 is 20.4 Å². The fourth-order valence-electron chi connectivity index (χ4n) is 2.99. The average molecular weight is 423 g/mol. The van der Waals surface area contributed by atoms with Crippen LogP contribution in [0.1, 0.15) is 18.7 Å². The van der Waals surface area contributed by atoms with Gasteiger partial charge in [0.2, 0.25) is 11.8 Å². The van der Waals surface area contributed by atoms with Gasteiger partial charge in [-0.2, -0.15) is 0 Å². The minimum atomic E-state index is -0.0217. The molecule has 1 aromatic rings. The first-order valence-electron chi connectivity index (χ1n) is 10.1. The Hall–Kier alpha value is -2.13. The first-order valence-corrected chi connectivity index (χ1v) is 11.0. The summed E-state index contributed by atoms with van der Waals surface area (Å²) >= 11 is 1.74. The standard InChI is InChI=1S/C20H34N6O2S/c1-16(2)23-18(27)15-25-9-11-26(12-10-25)20(22-14-19(28)24(3)4)21-8-7-17-6-5-13-29-17/h5-6,13,16H,7-12,14-15H2,1-4H3,(H,21,22)(H,23,27). The van der Waals surface area contributed by atoms with Gasteiger partial charge in [0.05, 0.1) is 6.54 Å². The number of aliphatic imine (C=N–C) groups is 1. The van der Waals surface area contributed by atoms with Crippen LogP contribution in [0.3, 0.4) is 0 Å². The van der Waals surface area contributed by atoms with Gasteiger partial charge in [0.1, 0.15) is 6.54 Å². The second kappa shape index (κ2) is 11.8. The third kappa shape index (κ3) is 8.41. The van der Waals surface area contributed by atoms with Crippen molar-refractivity contribution in [3.63, 3.8) is 0 Å². The van der Waals surface area contributed by atoms with Crippen LogP contribution in [-0.4, -0.2) is 98.4 Å². The molecule has 1 fully saturated rings. The predicted molar refractivity (Wildman–Crippen MR) is 118 cm³/mol. The number of likely N-dealkylation sites (N-methyl/N-ethyl adjacent to an activating group) is 1. The molecule has 0 aliphatic carbocycles. The van der Waals surface area contributed by atoms with Crippen LogP contribution in [0.4, 0.5) is 0 Å². The lowest BCUT2D eigenvalue weighted by molar-refractivity contribution is -0.127. The zero-order valence-electron chi connectivity index (χ0n) is 18.0. The summed E-state index contributed by atoms with van der Waals surface area (Å²) in [6.07, 6.45) is 0.924. The number of guanidine groups is 1. The molecule has 1 saturated heterocycles. The maximum Gasteiger partial charge on any atom is 0.243 e. The van der Waals surface area contributed by atoms with Gasteiger partial charge in [-0.3, -0.25) is 14.5 Å². The van der Waals surface area contributed by atoms with E-state index < -0.39 is 0 Å². The molecule has 0 bridgehead atoms. The molecule has 0 radical (unpaired) electrons. The van der Waals surface area contributed by atoms with Gasteiger partial charge in [-0.25, -0.2) is 4.99 Å². The van der Waals surface area contributed by atoms with Gasteiger partial charge in [-0.1, -0.05) is 6.07 Å². The first kappa shape index (κ1) is 23.2. The molecule has 1 aliphatic heterocycles. The Bertz CT molecular complexity index is 667. The fraction of sp³-hybridized carbons (Fsp3) is 0.650. The van der Waals surface area contributed by atoms with E-state index in [1.54, 1.807) is 30.3 Å². The van der Waals surface area contributed by atoms with Crippen molar-refractivity contribution in [2.24, 2.45) is 4.99 Å². The van der Waals surface area contributed by atoms with Gasteiger partial charge in [-0.05, 0) is 31.7 Å². The Morgan fingerprint density at radius 2 is 1.97 bits per heavy atom. The van der Waals surface area contributed by atoms with Crippen LogP contribution in [-0.2, 0) is 16.0 Å². The van der Waals surface area contributed by atoms with Crippen LogP contribution in [0.5, 0.6) is 0 Å². The summed E-state index contributed by atoms with van der Waals surface area (Å²) in [5.74, 6) is 0.808. The maximum atomic E-state index is 12.0. The molecule has 29 heavy (non-hydrogen) atoms. The van der Waals surface area contributed by atoms with Gasteiger partial charge in [0.15, 0.2) is 5.96 Å². The Morgan fingerprint density at radius 1 is 1.24 bits per heavy atom. The zero-order chi connectivity index (χ0) is 21.2. The molecule has 1 aromatic heterocycles. The monoisotopic (exact) mass is 422 g/mol. The van der Waals surface area contributed by atoms with E-state index in [-0.39, 0.29) is 24.4 Å². The highest BCUT2D eigenvalue weighted by Crippen LogP contribution is 2.08. The molecular weight excluding hydrogens is 388 g/mol. The number of nitrogens with zero attached hydrogens (tertiary/aromatic N) is 4. The number of amides is 2. The second-order valence-corrected chi connectivity index (χ2v) is 8.70. The van der Waals surface area contributed by atoms with Crippen LogP contribution < -0.4 is 10.6 Å². The maximum absolute atomic E-state index is 12.0. The highest BCUT2D eigenvalue weighted by molar-refractivity contribution is 7.09. The normalized spacial score (nSPS) is 15.5. The van der Waals surface area contributed by atoms with Crippen LogP contribution in [0.25, 0.3) is 0 Å². The molecule has 0 spiro atoms. The number of hydrogen-bond acceptors (Lipinski definition) is 5. The van der Waals surface area contributed by atoms with Crippen LogP contribution in [0.2, 0.25) is 0 Å². The van der Waals surface area contributed by atoms with E-state index in [4.69, 9.17) is 0 Å². The minimum absolute atomic E-state index is 0.0217. The lowest BCUT2D eigenvalue weighted by atomic mass is 10.3. The van der Waals surface area contributed by atoms with E-state index in [0.717, 1.165) is 45.1 Å². The van der Waals surface area contributed by atoms with Crippen LogP contribution >= 0.6 is 11.3 Å². The van der Waals surface area contributed by atoms with E-state index in [0.29, 0.717) is 6.54 Å². The van der Waals surface area contributed by atoms with Crippen molar-refractivity contribution in [1.29, 1.82) is 0 Å². The molecule has 0 aromatic carbocycles. The number of carbonyl (C=O) groups excluding carboxylic acids is 2. The molecule has 8 nitrogen and oxygen atoms in total. The summed E-state index contributed by atoms with van der Waals surface area (Å²) in [5.41, 5.74) is 0. The van der Waals surface area contributed by atoms with E-state index in [1.807, 2.05) is 13.8 Å². The van der Waals surface area contributed by atoms with E-state index in [2.05, 4.69) is 42.9 Å². The molecule has 0 saturated carbocycles. The molecule has 0 atom stereocenters. The highest BCUT2D eigenvalue weighted by atomic mass is 32.1. The third-order valence-corrected chi connectivity index (χ3v) is 5.52. The molecule has 9 heteroatoms. The Balaban J connectivity index is 1.89. The predicted octanol–water partition coefficient (Wildman–Crippen LogP) is 0.467. The molecule has 0 unspecified atom stereocenters. The van der Waals surface area contributed by atoms with Crippen molar-refractivity contribution >= 4 is 29.1 Å². The Morgan fingerprint density at radius 3 is 2.55 bits per heavy atom. The number of piperazine rings is 1. The summed E-state index contributed by atoms with van der Waals surface area (Å²) < 4.78 is 0. The summed E-state index contributed by atoms with van der Waals surface area (Å²) in [6, 6.07) is 4.34. The van der Waals surface area contributed by atoms with Crippen molar-refractivity contribution in [3.05, 3.63) is 22.4 Å². The van der Waals surface area contributed by atoms with Gasteiger partial charge in [0, 0.05) is 57.7 Å². The number of hydrogen-bond donors (Lipinski definition) is 2. The zero-order valence-corrected chi connectivity index (χ0v) is 18.8. The van der Waals surface area contributed by atoms with E-state index >= 15 is 0 Å². The summed E-state index contributed by atoms with van der Waals surface area (Å²) in [7, 11) is 3.48. The largest absolute Gasteiger partial charge is 0.356 e. The van der Waals surface area contributed by atoms with Crippen LogP contribution in [0, 0.1) is 0 Å². The van der Waals surface area contributed by atoms with Crippen molar-refractivity contribution in [2.45, 2.75) is 26.3 Å². The molecule has 1 aliphatic rings. The van der Waals surface area contributed by atoms with Crippen molar-refractivity contribution in [1.82, 2.24) is 25.3 Å².